The van der Waals surface area contributed by atoms with Gasteiger partial charge in [-0.2, -0.15) is 4.98 Å². The third kappa shape index (κ3) is 3.13. The van der Waals surface area contributed by atoms with Gasteiger partial charge in [-0.05, 0) is 31.9 Å². The fourth-order valence-electron chi connectivity index (χ4n) is 3.77. The van der Waals surface area contributed by atoms with Crippen molar-refractivity contribution in [3.05, 3.63) is 41.5 Å². The third-order valence-electron chi connectivity index (χ3n) is 5.26. The largest absolute Gasteiger partial charge is 0.337 e. The number of Topliss-reactive ketones (excluding diaryl/α,β-unsaturated/α-hetero) is 1. The van der Waals surface area contributed by atoms with Crippen LogP contribution in [0.5, 0.6) is 0 Å². The minimum atomic E-state index is -0.883. The first-order valence-corrected chi connectivity index (χ1v) is 8.89. The molecule has 8 nitrogen and oxygen atoms in total. The maximum atomic E-state index is 15.1. The fraction of sp³-hybridized carbons (Fsp3) is 0.444. The molecule has 1 spiro atoms. The number of fused-ring (bicyclic) bond motifs is 1. The van der Waals surface area contributed by atoms with Crippen LogP contribution in [0.4, 0.5) is 15.0 Å². The number of piperidine rings is 1. The average Bonchev–Trinajstić information content (AvgIpc) is 3.10. The number of benzene rings is 1. The van der Waals surface area contributed by atoms with Gasteiger partial charge in [0, 0.05) is 25.1 Å². The second-order valence-corrected chi connectivity index (χ2v) is 7.00. The Morgan fingerprint density at radius 2 is 2.07 bits per heavy atom. The van der Waals surface area contributed by atoms with Crippen molar-refractivity contribution in [3.8, 4) is 0 Å². The van der Waals surface area contributed by atoms with Crippen molar-refractivity contribution in [3.63, 3.8) is 0 Å². The number of nitrogens with zero attached hydrogens (tertiary/aromatic N) is 4. The van der Waals surface area contributed by atoms with Crippen LogP contribution < -0.4 is 10.4 Å². The molecule has 0 bridgehead atoms. The number of likely N-dealkylation sites (tertiary alicyclic amines) is 1. The van der Waals surface area contributed by atoms with Gasteiger partial charge in [-0.25, -0.2) is 9.92 Å². The number of urea groups is 1. The Kier molecular flexibility index (Phi) is 4.29. The molecule has 27 heavy (non-hydrogen) atoms. The molecule has 1 saturated heterocycles. The standard InChI is InChI=1S/C18H20FN5O3/c1-12-21-16(27-22-12)11-20-17(26)23-8-6-18(7-9-23)10-15(25)13-4-2-3-5-14(13)24(18)19/h2-5H,6-11H2,1H3,(H,20,26). The van der Waals surface area contributed by atoms with Crippen molar-refractivity contribution in [2.75, 3.05) is 18.2 Å². The Hall–Kier alpha value is -2.97. The Bertz CT molecular complexity index is 875. The van der Waals surface area contributed by atoms with Gasteiger partial charge >= 0.3 is 6.03 Å². The minimum Gasteiger partial charge on any atom is -0.337 e. The molecule has 0 saturated carbocycles. The number of halogens is 1. The first kappa shape index (κ1) is 17.4. The van der Waals surface area contributed by atoms with E-state index < -0.39 is 5.54 Å². The molecular formula is C18H20FN5O3. The summed E-state index contributed by atoms with van der Waals surface area (Å²) in [5.41, 5.74) is -0.148. The molecule has 0 atom stereocenters. The molecule has 1 N–H and O–H groups in total. The third-order valence-corrected chi connectivity index (χ3v) is 5.26. The highest BCUT2D eigenvalue weighted by molar-refractivity contribution is 6.04. The van der Waals surface area contributed by atoms with Gasteiger partial charge in [0.2, 0.25) is 5.89 Å². The number of aryl methyl sites for hydroxylation is 1. The summed E-state index contributed by atoms with van der Waals surface area (Å²) >= 11 is 0. The van der Waals surface area contributed by atoms with Gasteiger partial charge < -0.3 is 14.7 Å². The van der Waals surface area contributed by atoms with E-state index >= 15 is 4.48 Å². The zero-order valence-corrected chi connectivity index (χ0v) is 14.9. The molecule has 3 heterocycles. The zero-order valence-electron chi connectivity index (χ0n) is 14.9. The Labute approximate surface area is 155 Å². The van der Waals surface area contributed by atoms with Crippen LogP contribution in [0.2, 0.25) is 0 Å². The Morgan fingerprint density at radius 1 is 1.33 bits per heavy atom. The molecule has 4 rings (SSSR count). The van der Waals surface area contributed by atoms with Crippen molar-refractivity contribution in [2.24, 2.45) is 0 Å². The molecule has 9 heteroatoms. The van der Waals surface area contributed by atoms with Crippen LogP contribution >= 0.6 is 0 Å². The molecule has 2 aromatic rings. The van der Waals surface area contributed by atoms with Gasteiger partial charge in [0.05, 0.1) is 17.8 Å². The maximum Gasteiger partial charge on any atom is 0.317 e. The average molecular weight is 373 g/mol. The smallest absolute Gasteiger partial charge is 0.317 e. The number of aromatic nitrogens is 2. The van der Waals surface area contributed by atoms with Crippen LogP contribution in [0.1, 0.15) is 41.3 Å². The van der Waals surface area contributed by atoms with E-state index in [1.54, 1.807) is 36.1 Å². The summed E-state index contributed by atoms with van der Waals surface area (Å²) in [5.74, 6) is 0.785. The monoisotopic (exact) mass is 373 g/mol. The lowest BCUT2D eigenvalue weighted by Gasteiger charge is -2.47. The number of hydrogen-bond acceptors (Lipinski definition) is 6. The molecule has 2 aliphatic rings. The molecule has 0 aliphatic carbocycles. The Morgan fingerprint density at radius 3 is 2.78 bits per heavy atom. The van der Waals surface area contributed by atoms with E-state index in [0.717, 1.165) is 5.12 Å². The van der Waals surface area contributed by atoms with E-state index in [2.05, 4.69) is 15.5 Å². The molecule has 142 valence electrons. The number of rotatable bonds is 2. The molecule has 2 aliphatic heterocycles. The number of ketones is 1. The highest BCUT2D eigenvalue weighted by Gasteiger charge is 2.47. The Balaban J connectivity index is 1.40. The van der Waals surface area contributed by atoms with E-state index in [0.29, 0.717) is 48.9 Å². The number of anilines is 1. The summed E-state index contributed by atoms with van der Waals surface area (Å²) < 4.78 is 20.1. The van der Waals surface area contributed by atoms with Crippen molar-refractivity contribution in [1.82, 2.24) is 20.4 Å². The number of carbonyl (C=O) groups excluding carboxylic acids is 2. The van der Waals surface area contributed by atoms with Crippen LogP contribution in [-0.2, 0) is 6.54 Å². The molecule has 1 fully saturated rings. The summed E-state index contributed by atoms with van der Waals surface area (Å²) in [6.45, 7) is 2.57. The molecule has 0 radical (unpaired) electrons. The summed E-state index contributed by atoms with van der Waals surface area (Å²) in [4.78, 5) is 30.5. The van der Waals surface area contributed by atoms with Crippen molar-refractivity contribution in [2.45, 2.75) is 38.3 Å². The van der Waals surface area contributed by atoms with Gasteiger partial charge in [0.1, 0.15) is 0 Å². The lowest BCUT2D eigenvalue weighted by Crippen LogP contribution is -2.57. The predicted octanol–water partition coefficient (Wildman–Crippen LogP) is 2.40. The summed E-state index contributed by atoms with van der Waals surface area (Å²) in [7, 11) is 0. The van der Waals surface area contributed by atoms with Crippen LogP contribution in [0.3, 0.4) is 0 Å². The van der Waals surface area contributed by atoms with E-state index in [4.69, 9.17) is 4.52 Å². The number of para-hydroxylation sites is 1. The van der Waals surface area contributed by atoms with E-state index in [1.807, 2.05) is 0 Å². The maximum absolute atomic E-state index is 15.1. The van der Waals surface area contributed by atoms with Gasteiger partial charge in [-0.3, -0.25) is 4.79 Å². The number of hydrogen-bond donors (Lipinski definition) is 1. The summed E-state index contributed by atoms with van der Waals surface area (Å²) in [6, 6.07) is 6.46. The molecular weight excluding hydrogens is 353 g/mol. The molecule has 0 unspecified atom stereocenters. The topological polar surface area (TPSA) is 91.6 Å². The van der Waals surface area contributed by atoms with Crippen LogP contribution in [-0.4, -0.2) is 45.5 Å². The number of carbonyl (C=O) groups is 2. The van der Waals surface area contributed by atoms with E-state index in [1.165, 1.54) is 0 Å². The van der Waals surface area contributed by atoms with Crippen LogP contribution in [0.15, 0.2) is 28.8 Å². The number of nitrogens with one attached hydrogen (secondary N) is 1. The molecule has 2 amide bonds. The van der Waals surface area contributed by atoms with E-state index in [9.17, 15) is 9.59 Å². The van der Waals surface area contributed by atoms with E-state index in [-0.39, 0.29) is 24.8 Å². The van der Waals surface area contributed by atoms with Gasteiger partial charge in [0.25, 0.3) is 0 Å². The fourth-order valence-corrected chi connectivity index (χ4v) is 3.77. The minimum absolute atomic E-state index is 0.0517. The quantitative estimate of drug-likeness (QED) is 0.813. The van der Waals surface area contributed by atoms with Crippen LogP contribution in [0.25, 0.3) is 0 Å². The predicted molar refractivity (Wildman–Crippen MR) is 93.8 cm³/mol. The highest BCUT2D eigenvalue weighted by atomic mass is 19.2. The van der Waals surface area contributed by atoms with Crippen molar-refractivity contribution in [1.29, 1.82) is 0 Å². The normalized spacial score (nSPS) is 18.5. The number of amides is 2. The van der Waals surface area contributed by atoms with Crippen molar-refractivity contribution >= 4 is 17.5 Å². The second kappa shape index (κ2) is 6.64. The second-order valence-electron chi connectivity index (χ2n) is 7.00. The first-order valence-electron chi connectivity index (χ1n) is 8.89. The lowest BCUT2D eigenvalue weighted by atomic mass is 9.78. The summed E-state index contributed by atoms with van der Waals surface area (Å²) in [5, 5.41) is 7.13. The highest BCUT2D eigenvalue weighted by Crippen LogP contribution is 2.42. The molecule has 1 aromatic carbocycles. The van der Waals surface area contributed by atoms with Gasteiger partial charge in [0.15, 0.2) is 11.6 Å². The lowest BCUT2D eigenvalue weighted by molar-refractivity contribution is 0.0805. The summed E-state index contributed by atoms with van der Waals surface area (Å²) in [6.07, 6.45) is 0.893. The SMILES string of the molecule is Cc1noc(CNC(=O)N2CCC3(CC2)CC(=O)c2ccccc2N3F)n1. The molecule has 1 aromatic heterocycles. The van der Waals surface area contributed by atoms with Gasteiger partial charge in [-0.1, -0.05) is 21.8 Å². The first-order chi connectivity index (χ1) is 13.0. The zero-order chi connectivity index (χ0) is 19.0. The van der Waals surface area contributed by atoms with Crippen molar-refractivity contribution < 1.29 is 18.6 Å². The van der Waals surface area contributed by atoms with Gasteiger partial charge in [-0.15, -0.1) is 0 Å². The van der Waals surface area contributed by atoms with Crippen LogP contribution in [0, 0.1) is 6.92 Å².